The molecule has 0 spiro atoms. The highest BCUT2D eigenvalue weighted by molar-refractivity contribution is 6.01. The number of carbonyl (C=O) groups is 1. The van der Waals surface area contributed by atoms with Crippen LogP contribution in [0.5, 0.6) is 5.75 Å². The van der Waals surface area contributed by atoms with Gasteiger partial charge in [-0.1, -0.05) is 6.07 Å². The molecule has 4 nitrogen and oxygen atoms in total. The maximum absolute atomic E-state index is 12.5. The van der Waals surface area contributed by atoms with Gasteiger partial charge in [-0.3, -0.25) is 9.69 Å². The first-order valence-corrected chi connectivity index (χ1v) is 6.82. The minimum atomic E-state index is -0.0479. The van der Waals surface area contributed by atoms with Gasteiger partial charge >= 0.3 is 0 Å². The number of carbonyl (C=O) groups excluding carboxylic acids is 1. The lowest BCUT2D eigenvalue weighted by Crippen LogP contribution is -2.43. The van der Waals surface area contributed by atoms with Crippen molar-refractivity contribution in [3.63, 3.8) is 0 Å². The number of nitrogens with zero attached hydrogens (tertiary/aromatic N) is 1. The number of benzene rings is 1. The van der Waals surface area contributed by atoms with E-state index in [1.54, 1.807) is 0 Å². The molecule has 1 fully saturated rings. The molecule has 5 heteroatoms. The summed E-state index contributed by atoms with van der Waals surface area (Å²) in [6, 6.07) is 5.80. The summed E-state index contributed by atoms with van der Waals surface area (Å²) < 4.78 is 11.1. The molecule has 20 heavy (non-hydrogen) atoms. The predicted molar refractivity (Wildman–Crippen MR) is 79.0 cm³/mol. The van der Waals surface area contributed by atoms with Gasteiger partial charge in [-0.25, -0.2) is 0 Å². The lowest BCUT2D eigenvalue weighted by molar-refractivity contribution is 0.0250. The smallest absolute Gasteiger partial charge is 0.174 e. The van der Waals surface area contributed by atoms with Gasteiger partial charge in [0, 0.05) is 19.6 Å². The minimum absolute atomic E-state index is 0. The van der Waals surface area contributed by atoms with Crippen LogP contribution in [-0.2, 0) is 4.74 Å². The van der Waals surface area contributed by atoms with Gasteiger partial charge < -0.3 is 9.47 Å². The number of halogens is 1. The average Bonchev–Trinajstić information content (AvgIpc) is 2.43. The Labute approximate surface area is 125 Å². The quantitative estimate of drug-likeness (QED) is 0.836. The Kier molecular flexibility index (Phi) is 5.02. The van der Waals surface area contributed by atoms with E-state index in [-0.39, 0.29) is 24.1 Å². The van der Waals surface area contributed by atoms with Gasteiger partial charge in [0.05, 0.1) is 31.3 Å². The predicted octanol–water partition coefficient (Wildman–Crippen LogP) is 1.94. The number of fused-ring (bicyclic) bond motifs is 1. The fraction of sp³-hybridized carbons (Fsp3) is 0.533. The van der Waals surface area contributed by atoms with Crippen LogP contribution < -0.4 is 4.74 Å². The molecule has 110 valence electrons. The van der Waals surface area contributed by atoms with Crippen molar-refractivity contribution in [2.45, 2.75) is 6.92 Å². The van der Waals surface area contributed by atoms with E-state index in [9.17, 15) is 4.79 Å². The number of hydrogen-bond acceptors (Lipinski definition) is 4. The van der Waals surface area contributed by atoms with Crippen LogP contribution in [0.3, 0.4) is 0 Å². The van der Waals surface area contributed by atoms with E-state index in [2.05, 4.69) is 4.90 Å². The molecule has 1 aromatic carbocycles. The summed E-state index contributed by atoms with van der Waals surface area (Å²) in [7, 11) is 0. The molecule has 2 aliphatic heterocycles. The second kappa shape index (κ2) is 6.57. The van der Waals surface area contributed by atoms with Gasteiger partial charge in [0.2, 0.25) is 0 Å². The first-order valence-electron chi connectivity index (χ1n) is 6.82. The molecule has 0 N–H and O–H groups in total. The third-order valence-corrected chi connectivity index (χ3v) is 3.80. The van der Waals surface area contributed by atoms with E-state index in [0.717, 1.165) is 49.7 Å². The highest BCUT2D eigenvalue weighted by atomic mass is 35.5. The Morgan fingerprint density at radius 1 is 1.30 bits per heavy atom. The molecule has 0 aliphatic carbocycles. The Morgan fingerprint density at radius 3 is 2.80 bits per heavy atom. The summed E-state index contributed by atoms with van der Waals surface area (Å²) in [6.45, 7) is 6.61. The lowest BCUT2D eigenvalue weighted by Gasteiger charge is -2.32. The summed E-state index contributed by atoms with van der Waals surface area (Å²) in [5, 5.41) is 0. The standard InChI is InChI=1S/C15H19NO3.ClH/c1-11-2-3-13-14(8-11)19-10-12(15(13)17)9-16-4-6-18-7-5-16;/h2-3,8,12H,4-7,9-10H2,1H3;1H. The zero-order chi connectivity index (χ0) is 13.2. The SMILES string of the molecule is Cc1ccc2c(c1)OCC(CN1CCOCC1)C2=O.Cl. The van der Waals surface area contributed by atoms with E-state index >= 15 is 0 Å². The molecule has 1 unspecified atom stereocenters. The van der Waals surface area contributed by atoms with Gasteiger partial charge in [0.1, 0.15) is 5.75 Å². The molecule has 3 rings (SSSR count). The van der Waals surface area contributed by atoms with Gasteiger partial charge in [0.25, 0.3) is 0 Å². The summed E-state index contributed by atoms with van der Waals surface area (Å²) in [4.78, 5) is 14.8. The highest BCUT2D eigenvalue weighted by Crippen LogP contribution is 2.28. The number of hydrogen-bond donors (Lipinski definition) is 0. The first kappa shape index (κ1) is 15.3. The summed E-state index contributed by atoms with van der Waals surface area (Å²) in [6.07, 6.45) is 0. The van der Waals surface area contributed by atoms with Crippen molar-refractivity contribution in [1.82, 2.24) is 4.90 Å². The number of ether oxygens (including phenoxy) is 2. The van der Waals surface area contributed by atoms with Crippen molar-refractivity contribution in [3.8, 4) is 5.75 Å². The maximum Gasteiger partial charge on any atom is 0.174 e. The van der Waals surface area contributed by atoms with Crippen molar-refractivity contribution < 1.29 is 14.3 Å². The molecule has 0 bridgehead atoms. The summed E-state index contributed by atoms with van der Waals surface area (Å²) >= 11 is 0. The molecule has 1 saturated heterocycles. The van der Waals surface area contributed by atoms with E-state index in [1.807, 2.05) is 25.1 Å². The number of rotatable bonds is 2. The largest absolute Gasteiger partial charge is 0.492 e. The van der Waals surface area contributed by atoms with Gasteiger partial charge in [-0.05, 0) is 24.6 Å². The van der Waals surface area contributed by atoms with Crippen LogP contribution in [0.25, 0.3) is 0 Å². The van der Waals surface area contributed by atoms with Crippen LogP contribution in [0.15, 0.2) is 18.2 Å². The topological polar surface area (TPSA) is 38.8 Å². The Hall–Kier alpha value is -1.10. The van der Waals surface area contributed by atoms with E-state index in [1.165, 1.54) is 0 Å². The first-order chi connectivity index (χ1) is 9.24. The fourth-order valence-electron chi connectivity index (χ4n) is 2.67. The van der Waals surface area contributed by atoms with Crippen LogP contribution in [0.2, 0.25) is 0 Å². The number of aryl methyl sites for hydroxylation is 1. The Bertz CT molecular complexity index is 486. The Balaban J connectivity index is 0.00000147. The molecule has 1 aromatic rings. The zero-order valence-electron chi connectivity index (χ0n) is 11.6. The minimum Gasteiger partial charge on any atom is -0.492 e. The van der Waals surface area contributed by atoms with Crippen molar-refractivity contribution in [1.29, 1.82) is 0 Å². The molecule has 0 radical (unpaired) electrons. The normalized spacial score (nSPS) is 22.6. The average molecular weight is 298 g/mol. The summed E-state index contributed by atoms with van der Waals surface area (Å²) in [5.74, 6) is 0.907. The Morgan fingerprint density at radius 2 is 2.05 bits per heavy atom. The molecule has 0 aromatic heterocycles. The maximum atomic E-state index is 12.5. The zero-order valence-corrected chi connectivity index (χ0v) is 12.4. The molecule has 0 saturated carbocycles. The van der Waals surface area contributed by atoms with E-state index < -0.39 is 0 Å². The van der Waals surface area contributed by atoms with E-state index in [4.69, 9.17) is 9.47 Å². The number of ketones is 1. The van der Waals surface area contributed by atoms with Crippen molar-refractivity contribution in [2.24, 2.45) is 5.92 Å². The van der Waals surface area contributed by atoms with Crippen LogP contribution >= 0.6 is 12.4 Å². The molecular weight excluding hydrogens is 278 g/mol. The lowest BCUT2D eigenvalue weighted by atomic mass is 9.93. The van der Waals surface area contributed by atoms with Gasteiger partial charge in [0.15, 0.2) is 5.78 Å². The molecule has 2 heterocycles. The number of morpholine rings is 1. The van der Waals surface area contributed by atoms with Gasteiger partial charge in [-0.15, -0.1) is 12.4 Å². The van der Waals surface area contributed by atoms with Gasteiger partial charge in [-0.2, -0.15) is 0 Å². The number of Topliss-reactive ketones (excluding diaryl/α,β-unsaturated/α-hetero) is 1. The van der Waals surface area contributed by atoms with Crippen LogP contribution in [0, 0.1) is 12.8 Å². The molecular formula is C15H20ClNO3. The third kappa shape index (κ3) is 3.14. The fourth-order valence-corrected chi connectivity index (χ4v) is 2.67. The van der Waals surface area contributed by atoms with Crippen molar-refractivity contribution in [2.75, 3.05) is 39.5 Å². The van der Waals surface area contributed by atoms with Crippen molar-refractivity contribution in [3.05, 3.63) is 29.3 Å². The molecule has 1 atom stereocenters. The van der Waals surface area contributed by atoms with Crippen LogP contribution in [0.4, 0.5) is 0 Å². The summed E-state index contributed by atoms with van der Waals surface area (Å²) in [5.41, 5.74) is 1.85. The second-order valence-electron chi connectivity index (χ2n) is 5.28. The second-order valence-corrected chi connectivity index (χ2v) is 5.28. The monoisotopic (exact) mass is 297 g/mol. The highest BCUT2D eigenvalue weighted by Gasteiger charge is 2.30. The third-order valence-electron chi connectivity index (χ3n) is 3.80. The van der Waals surface area contributed by atoms with Crippen LogP contribution in [-0.4, -0.2) is 50.1 Å². The van der Waals surface area contributed by atoms with Crippen LogP contribution in [0.1, 0.15) is 15.9 Å². The van der Waals surface area contributed by atoms with Crippen molar-refractivity contribution >= 4 is 18.2 Å². The van der Waals surface area contributed by atoms with E-state index in [0.29, 0.717) is 6.61 Å². The molecule has 0 amide bonds. The molecule has 2 aliphatic rings.